The van der Waals surface area contributed by atoms with E-state index < -0.39 is 0 Å². The molecule has 7 nitrogen and oxygen atoms in total. The molecule has 3 heterocycles. The van der Waals surface area contributed by atoms with E-state index in [9.17, 15) is 4.79 Å². The molecule has 3 aromatic rings. The number of likely N-dealkylation sites (tertiary alicyclic amines) is 1. The summed E-state index contributed by atoms with van der Waals surface area (Å²) in [5.74, 6) is 1.50. The number of piperidine rings is 1. The highest BCUT2D eigenvalue weighted by Crippen LogP contribution is 2.27. The van der Waals surface area contributed by atoms with E-state index in [0.29, 0.717) is 18.3 Å². The molecule has 0 saturated carbocycles. The highest BCUT2D eigenvalue weighted by molar-refractivity contribution is 6.30. The van der Waals surface area contributed by atoms with Gasteiger partial charge in [0.2, 0.25) is 17.6 Å². The van der Waals surface area contributed by atoms with Crippen molar-refractivity contribution in [1.29, 1.82) is 0 Å². The van der Waals surface area contributed by atoms with E-state index in [1.165, 1.54) is 5.56 Å². The number of anilines is 1. The lowest BCUT2D eigenvalue weighted by Gasteiger charge is -2.40. The minimum atomic E-state index is 0.0157. The minimum Gasteiger partial charge on any atom is -0.368 e. The van der Waals surface area contributed by atoms with Gasteiger partial charge in [0.25, 0.3) is 0 Å². The predicted molar refractivity (Wildman–Crippen MR) is 137 cm³/mol. The van der Waals surface area contributed by atoms with Crippen LogP contribution in [0.3, 0.4) is 0 Å². The van der Waals surface area contributed by atoms with Gasteiger partial charge in [-0.1, -0.05) is 47.1 Å². The molecular weight excluding hydrogens is 462 g/mol. The first-order valence-corrected chi connectivity index (χ1v) is 12.8. The van der Waals surface area contributed by atoms with Crippen molar-refractivity contribution >= 4 is 23.2 Å². The molecular formula is C27H32ClN5O2. The van der Waals surface area contributed by atoms with Gasteiger partial charge in [-0.2, -0.15) is 4.98 Å². The summed E-state index contributed by atoms with van der Waals surface area (Å²) in [7, 11) is 0. The van der Waals surface area contributed by atoms with E-state index in [4.69, 9.17) is 16.1 Å². The lowest BCUT2D eigenvalue weighted by Crippen LogP contribution is -2.52. The average Bonchev–Trinajstić information content (AvgIpc) is 3.34. The number of aromatic nitrogens is 2. The van der Waals surface area contributed by atoms with Crippen LogP contribution < -0.4 is 4.90 Å². The number of carbonyl (C=O) groups is 1. The van der Waals surface area contributed by atoms with E-state index in [2.05, 4.69) is 32.9 Å². The fraction of sp³-hybridized carbons (Fsp3) is 0.444. The largest absolute Gasteiger partial charge is 0.368 e. The maximum absolute atomic E-state index is 13.4. The Balaban J connectivity index is 1.17. The molecule has 35 heavy (non-hydrogen) atoms. The highest BCUT2D eigenvalue weighted by atomic mass is 35.5. The molecule has 0 radical (unpaired) electrons. The summed E-state index contributed by atoms with van der Waals surface area (Å²) in [4.78, 5) is 24.6. The quantitative estimate of drug-likeness (QED) is 0.519. The second-order valence-corrected chi connectivity index (χ2v) is 10.1. The maximum atomic E-state index is 13.4. The first-order valence-electron chi connectivity index (χ1n) is 12.4. The van der Waals surface area contributed by atoms with Crippen LogP contribution in [0.25, 0.3) is 11.4 Å². The smallest absolute Gasteiger partial charge is 0.241 e. The number of amides is 1. The molecule has 2 saturated heterocycles. The molecule has 184 valence electrons. The predicted octanol–water partition coefficient (Wildman–Crippen LogP) is 4.57. The second kappa shape index (κ2) is 10.4. The van der Waals surface area contributed by atoms with Crippen molar-refractivity contribution in [3.05, 3.63) is 64.5 Å². The topological polar surface area (TPSA) is 65.7 Å². The zero-order chi connectivity index (χ0) is 24.4. The van der Waals surface area contributed by atoms with Crippen molar-refractivity contribution in [2.45, 2.75) is 33.2 Å². The van der Waals surface area contributed by atoms with Gasteiger partial charge in [-0.15, -0.1) is 0 Å². The molecule has 0 spiro atoms. The molecule has 2 aliphatic rings. The summed E-state index contributed by atoms with van der Waals surface area (Å²) in [6, 6.07) is 14.0. The normalized spacial score (nSPS) is 19.2. The second-order valence-electron chi connectivity index (χ2n) is 9.64. The van der Waals surface area contributed by atoms with E-state index >= 15 is 0 Å². The van der Waals surface area contributed by atoms with E-state index in [-0.39, 0.29) is 11.8 Å². The number of hydrogen-bond donors (Lipinski definition) is 0. The molecule has 0 aliphatic carbocycles. The van der Waals surface area contributed by atoms with Gasteiger partial charge in [0.15, 0.2) is 0 Å². The van der Waals surface area contributed by atoms with Crippen LogP contribution in [0.5, 0.6) is 0 Å². The summed E-state index contributed by atoms with van der Waals surface area (Å²) >= 11 is 6.22. The molecule has 1 unspecified atom stereocenters. The number of nitrogens with zero attached hydrogens (tertiary/aromatic N) is 5. The van der Waals surface area contributed by atoms with Crippen molar-refractivity contribution in [3.63, 3.8) is 0 Å². The Kier molecular flexibility index (Phi) is 7.07. The van der Waals surface area contributed by atoms with Crippen LogP contribution in [0.2, 0.25) is 5.02 Å². The van der Waals surface area contributed by atoms with E-state index in [0.717, 1.165) is 73.9 Å². The van der Waals surface area contributed by atoms with Gasteiger partial charge in [0.05, 0.1) is 12.5 Å². The number of aryl methyl sites for hydroxylation is 2. The van der Waals surface area contributed by atoms with Crippen molar-refractivity contribution in [3.8, 4) is 11.4 Å². The molecule has 8 heteroatoms. The number of piperazine rings is 1. The van der Waals surface area contributed by atoms with Gasteiger partial charge >= 0.3 is 0 Å². The van der Waals surface area contributed by atoms with Gasteiger partial charge in [-0.3, -0.25) is 9.69 Å². The van der Waals surface area contributed by atoms with Gasteiger partial charge in [0.1, 0.15) is 0 Å². The van der Waals surface area contributed by atoms with E-state index in [1.807, 2.05) is 48.2 Å². The van der Waals surface area contributed by atoms with Gasteiger partial charge < -0.3 is 14.3 Å². The maximum Gasteiger partial charge on any atom is 0.241 e. The van der Waals surface area contributed by atoms with Gasteiger partial charge in [0, 0.05) is 49.0 Å². The zero-order valence-electron chi connectivity index (χ0n) is 20.4. The number of rotatable bonds is 5. The first kappa shape index (κ1) is 23.8. The molecule has 2 aromatic carbocycles. The average molecular weight is 494 g/mol. The summed E-state index contributed by atoms with van der Waals surface area (Å²) in [6.45, 7) is 9.53. The molecule has 5 rings (SSSR count). The standard InChI is InChI=1S/C27H32ClN5O2/c1-19-6-3-4-8-23(19)26-29-25(35-30-26)18-31-11-5-7-21(17-31)27(34)33-14-12-32(13-15-33)24-16-22(28)10-9-20(24)2/h3-4,6,8-10,16,21H,5,7,11-15,17-18H2,1-2H3. The van der Waals surface area contributed by atoms with Crippen molar-refractivity contribution in [1.82, 2.24) is 19.9 Å². The molecule has 2 aliphatic heterocycles. The van der Waals surface area contributed by atoms with Crippen LogP contribution >= 0.6 is 11.6 Å². The summed E-state index contributed by atoms with van der Waals surface area (Å²) < 4.78 is 5.55. The number of benzene rings is 2. The van der Waals surface area contributed by atoms with Crippen LogP contribution in [0, 0.1) is 19.8 Å². The van der Waals surface area contributed by atoms with Crippen LogP contribution in [0.15, 0.2) is 47.0 Å². The molecule has 1 atom stereocenters. The minimum absolute atomic E-state index is 0.0157. The third-order valence-electron chi connectivity index (χ3n) is 7.17. The Morgan fingerprint density at radius 1 is 1.06 bits per heavy atom. The Bertz CT molecular complexity index is 1190. The van der Waals surface area contributed by atoms with Crippen molar-refractivity contribution < 1.29 is 9.32 Å². The number of halogens is 1. The Labute approximate surface area is 211 Å². The molecule has 1 amide bonds. The zero-order valence-corrected chi connectivity index (χ0v) is 21.2. The molecule has 2 fully saturated rings. The Morgan fingerprint density at radius 3 is 2.66 bits per heavy atom. The number of carbonyl (C=O) groups excluding carboxylic acids is 1. The fourth-order valence-electron chi connectivity index (χ4n) is 5.19. The first-order chi connectivity index (χ1) is 17.0. The summed E-state index contributed by atoms with van der Waals surface area (Å²) in [6.07, 6.45) is 1.93. The SMILES string of the molecule is Cc1ccccc1-c1noc(CN2CCCC(C(=O)N3CCN(c4cc(Cl)ccc4C)CC3)C2)n1. The fourth-order valence-corrected chi connectivity index (χ4v) is 5.36. The van der Waals surface area contributed by atoms with Crippen LogP contribution in [-0.2, 0) is 11.3 Å². The molecule has 1 aromatic heterocycles. The van der Waals surface area contributed by atoms with Crippen molar-refractivity contribution in [2.75, 3.05) is 44.2 Å². The molecule has 0 bridgehead atoms. The Morgan fingerprint density at radius 2 is 1.86 bits per heavy atom. The summed E-state index contributed by atoms with van der Waals surface area (Å²) in [5.41, 5.74) is 4.48. The van der Waals surface area contributed by atoms with Crippen molar-refractivity contribution in [2.24, 2.45) is 5.92 Å². The van der Waals surface area contributed by atoms with Crippen LogP contribution in [0.4, 0.5) is 5.69 Å². The number of hydrogen-bond acceptors (Lipinski definition) is 6. The van der Waals surface area contributed by atoms with Gasteiger partial charge in [-0.05, 0) is 56.5 Å². The lowest BCUT2D eigenvalue weighted by atomic mass is 9.96. The third kappa shape index (κ3) is 5.36. The molecule has 0 N–H and O–H groups in total. The van der Waals surface area contributed by atoms with Gasteiger partial charge in [-0.25, -0.2) is 0 Å². The third-order valence-corrected chi connectivity index (χ3v) is 7.41. The highest BCUT2D eigenvalue weighted by Gasteiger charge is 2.32. The lowest BCUT2D eigenvalue weighted by molar-refractivity contribution is -0.137. The summed E-state index contributed by atoms with van der Waals surface area (Å²) in [5, 5.41) is 4.93. The Hall–Kier alpha value is -2.90. The van der Waals surface area contributed by atoms with Crippen LogP contribution in [0.1, 0.15) is 29.9 Å². The monoisotopic (exact) mass is 493 g/mol. The van der Waals surface area contributed by atoms with Crippen LogP contribution in [-0.4, -0.2) is 65.1 Å². The van der Waals surface area contributed by atoms with E-state index in [1.54, 1.807) is 0 Å².